The number of carbonyl (C=O) groups is 1. The van der Waals surface area contributed by atoms with Crippen molar-refractivity contribution in [3.8, 4) is 5.75 Å². The van der Waals surface area contributed by atoms with Crippen molar-refractivity contribution in [1.82, 2.24) is 0 Å². The van der Waals surface area contributed by atoms with Crippen LogP contribution < -0.4 is 14.4 Å². The number of carbonyl (C=O) groups excluding carboxylic acids is 1. The van der Waals surface area contributed by atoms with E-state index in [1.54, 1.807) is 36.4 Å². The number of nitrogens with one attached hydrogen (secondary N) is 1. The SMILES string of the molecule is CCOc1cccc(NC(=O)CN(c2ccc(C(C)(C)C)cc2)S(C)(=O)=O)c1. The Balaban J connectivity index is 2.18. The normalized spacial score (nSPS) is 11.8. The van der Waals surface area contributed by atoms with E-state index in [0.717, 1.165) is 16.1 Å². The summed E-state index contributed by atoms with van der Waals surface area (Å²) in [6.45, 7) is 8.33. The Morgan fingerprint density at radius 3 is 2.29 bits per heavy atom. The summed E-state index contributed by atoms with van der Waals surface area (Å²) in [6, 6.07) is 14.2. The molecule has 0 unspecified atom stereocenters. The first-order chi connectivity index (χ1) is 13.0. The van der Waals surface area contributed by atoms with Crippen molar-refractivity contribution in [2.45, 2.75) is 33.1 Å². The first kappa shape index (κ1) is 21.8. The summed E-state index contributed by atoms with van der Waals surface area (Å²) in [5.74, 6) is 0.206. The third-order valence-electron chi connectivity index (χ3n) is 4.14. The van der Waals surface area contributed by atoms with E-state index in [-0.39, 0.29) is 12.0 Å². The molecular formula is C21H28N2O4S. The molecule has 7 heteroatoms. The van der Waals surface area contributed by atoms with Crippen LogP contribution in [0.15, 0.2) is 48.5 Å². The molecule has 1 N–H and O–H groups in total. The van der Waals surface area contributed by atoms with Crippen molar-refractivity contribution in [3.05, 3.63) is 54.1 Å². The molecule has 0 atom stereocenters. The third kappa shape index (κ3) is 5.99. The second kappa shape index (κ2) is 8.65. The highest BCUT2D eigenvalue weighted by Gasteiger charge is 2.22. The van der Waals surface area contributed by atoms with E-state index < -0.39 is 15.9 Å². The highest BCUT2D eigenvalue weighted by Crippen LogP contribution is 2.26. The van der Waals surface area contributed by atoms with Gasteiger partial charge < -0.3 is 10.1 Å². The fourth-order valence-electron chi connectivity index (χ4n) is 2.69. The smallest absolute Gasteiger partial charge is 0.245 e. The standard InChI is InChI=1S/C21H28N2O4S/c1-6-27-19-9-7-8-17(14-19)22-20(24)15-23(28(5,25)26)18-12-10-16(11-13-18)21(2,3)4/h7-14H,6,15H2,1-5H3,(H,22,24). The number of amides is 1. The predicted molar refractivity (Wildman–Crippen MR) is 114 cm³/mol. The Kier molecular flexibility index (Phi) is 6.72. The van der Waals surface area contributed by atoms with Gasteiger partial charge in [-0.3, -0.25) is 9.10 Å². The van der Waals surface area contributed by atoms with Gasteiger partial charge in [0.05, 0.1) is 18.6 Å². The van der Waals surface area contributed by atoms with Crippen LogP contribution in [0.25, 0.3) is 0 Å². The van der Waals surface area contributed by atoms with E-state index in [2.05, 4.69) is 26.1 Å². The molecule has 0 aliphatic heterocycles. The molecule has 2 aromatic rings. The molecule has 2 aromatic carbocycles. The maximum absolute atomic E-state index is 12.5. The summed E-state index contributed by atoms with van der Waals surface area (Å²) >= 11 is 0. The van der Waals surface area contributed by atoms with Gasteiger partial charge in [0.25, 0.3) is 0 Å². The molecular weight excluding hydrogens is 376 g/mol. The Hall–Kier alpha value is -2.54. The van der Waals surface area contributed by atoms with Gasteiger partial charge in [-0.05, 0) is 42.2 Å². The maximum atomic E-state index is 12.5. The fourth-order valence-corrected chi connectivity index (χ4v) is 3.55. The van der Waals surface area contributed by atoms with Gasteiger partial charge in [0, 0.05) is 11.8 Å². The van der Waals surface area contributed by atoms with Gasteiger partial charge in [-0.2, -0.15) is 0 Å². The largest absolute Gasteiger partial charge is 0.494 e. The van der Waals surface area contributed by atoms with E-state index in [4.69, 9.17) is 4.74 Å². The fraction of sp³-hybridized carbons (Fsp3) is 0.381. The topological polar surface area (TPSA) is 75.7 Å². The number of hydrogen-bond donors (Lipinski definition) is 1. The molecule has 0 saturated heterocycles. The van der Waals surface area contributed by atoms with Crippen LogP contribution in [0.5, 0.6) is 5.75 Å². The zero-order valence-corrected chi connectivity index (χ0v) is 17.8. The van der Waals surface area contributed by atoms with Crippen LogP contribution in [-0.4, -0.2) is 33.7 Å². The molecule has 0 radical (unpaired) electrons. The molecule has 0 aliphatic rings. The van der Waals surface area contributed by atoms with Crippen molar-refractivity contribution >= 4 is 27.3 Å². The second-order valence-electron chi connectivity index (χ2n) is 7.58. The van der Waals surface area contributed by atoms with Crippen LogP contribution in [0, 0.1) is 0 Å². The molecule has 0 heterocycles. The van der Waals surface area contributed by atoms with E-state index in [9.17, 15) is 13.2 Å². The molecule has 152 valence electrons. The minimum absolute atomic E-state index is 0.0442. The van der Waals surface area contributed by atoms with Gasteiger partial charge in [-0.1, -0.05) is 39.0 Å². The lowest BCUT2D eigenvalue weighted by atomic mass is 9.87. The predicted octanol–water partition coefficient (Wildman–Crippen LogP) is 3.79. The van der Waals surface area contributed by atoms with Crippen molar-refractivity contribution in [1.29, 1.82) is 0 Å². The van der Waals surface area contributed by atoms with Gasteiger partial charge >= 0.3 is 0 Å². The molecule has 0 bridgehead atoms. The zero-order valence-electron chi connectivity index (χ0n) is 17.0. The van der Waals surface area contributed by atoms with Crippen LogP contribution in [0.2, 0.25) is 0 Å². The first-order valence-corrected chi connectivity index (χ1v) is 11.0. The van der Waals surface area contributed by atoms with Crippen molar-refractivity contribution in [3.63, 3.8) is 0 Å². The maximum Gasteiger partial charge on any atom is 0.245 e. The number of sulfonamides is 1. The van der Waals surface area contributed by atoms with E-state index in [1.807, 2.05) is 19.1 Å². The minimum Gasteiger partial charge on any atom is -0.494 e. The average Bonchev–Trinajstić information content (AvgIpc) is 2.59. The van der Waals surface area contributed by atoms with Crippen LogP contribution in [0.1, 0.15) is 33.3 Å². The summed E-state index contributed by atoms with van der Waals surface area (Å²) in [7, 11) is -3.62. The van der Waals surface area contributed by atoms with Gasteiger partial charge in [-0.25, -0.2) is 8.42 Å². The second-order valence-corrected chi connectivity index (χ2v) is 9.48. The Labute approximate surface area is 167 Å². The lowest BCUT2D eigenvalue weighted by molar-refractivity contribution is -0.114. The number of benzene rings is 2. The number of rotatable bonds is 7. The van der Waals surface area contributed by atoms with Crippen LogP contribution in [-0.2, 0) is 20.2 Å². The summed E-state index contributed by atoms with van der Waals surface area (Å²) in [6.07, 6.45) is 1.09. The van der Waals surface area contributed by atoms with Crippen LogP contribution in [0.4, 0.5) is 11.4 Å². The number of hydrogen-bond acceptors (Lipinski definition) is 4. The van der Waals surface area contributed by atoms with E-state index >= 15 is 0 Å². The van der Waals surface area contributed by atoms with E-state index in [1.165, 1.54) is 0 Å². The number of anilines is 2. The minimum atomic E-state index is -3.62. The lowest BCUT2D eigenvalue weighted by Crippen LogP contribution is -2.37. The zero-order chi connectivity index (χ0) is 20.9. The summed E-state index contributed by atoms with van der Waals surface area (Å²) < 4.78 is 31.0. The third-order valence-corrected chi connectivity index (χ3v) is 5.28. The molecule has 0 fully saturated rings. The molecule has 0 aliphatic carbocycles. The van der Waals surface area contributed by atoms with Crippen LogP contribution >= 0.6 is 0 Å². The first-order valence-electron chi connectivity index (χ1n) is 9.11. The van der Waals surface area contributed by atoms with Crippen molar-refractivity contribution < 1.29 is 17.9 Å². The quantitative estimate of drug-likeness (QED) is 0.762. The molecule has 1 amide bonds. The highest BCUT2D eigenvalue weighted by atomic mass is 32.2. The highest BCUT2D eigenvalue weighted by molar-refractivity contribution is 7.92. The monoisotopic (exact) mass is 404 g/mol. The van der Waals surface area contributed by atoms with Crippen LogP contribution in [0.3, 0.4) is 0 Å². The summed E-state index contributed by atoms with van der Waals surface area (Å²) in [4.78, 5) is 12.5. The molecule has 0 aromatic heterocycles. The average molecular weight is 405 g/mol. The summed E-state index contributed by atoms with van der Waals surface area (Å²) in [5, 5.41) is 2.72. The Morgan fingerprint density at radius 2 is 1.75 bits per heavy atom. The molecule has 0 saturated carbocycles. The Morgan fingerprint density at radius 1 is 1.11 bits per heavy atom. The van der Waals surface area contributed by atoms with Gasteiger partial charge in [-0.15, -0.1) is 0 Å². The molecule has 28 heavy (non-hydrogen) atoms. The van der Waals surface area contributed by atoms with Crippen molar-refractivity contribution in [2.75, 3.05) is 29.0 Å². The number of nitrogens with zero attached hydrogens (tertiary/aromatic N) is 1. The van der Waals surface area contributed by atoms with Gasteiger partial charge in [0.15, 0.2) is 0 Å². The van der Waals surface area contributed by atoms with Gasteiger partial charge in [0.2, 0.25) is 15.9 Å². The Bertz CT molecular complexity index is 916. The summed E-state index contributed by atoms with van der Waals surface area (Å²) in [5.41, 5.74) is 2.04. The van der Waals surface area contributed by atoms with E-state index in [0.29, 0.717) is 23.7 Å². The number of ether oxygens (including phenoxy) is 1. The lowest BCUT2D eigenvalue weighted by Gasteiger charge is -2.24. The van der Waals surface area contributed by atoms with Gasteiger partial charge in [0.1, 0.15) is 12.3 Å². The van der Waals surface area contributed by atoms with Crippen molar-refractivity contribution in [2.24, 2.45) is 0 Å². The molecule has 2 rings (SSSR count). The molecule has 6 nitrogen and oxygen atoms in total. The molecule has 0 spiro atoms.